The van der Waals surface area contributed by atoms with Crippen LogP contribution in [-0.2, 0) is 9.53 Å². The van der Waals surface area contributed by atoms with E-state index in [0.29, 0.717) is 11.8 Å². The molecular weight excluding hydrogens is 170 g/mol. The monoisotopic (exact) mass is 185 g/mol. The van der Waals surface area contributed by atoms with Crippen molar-refractivity contribution in [2.24, 2.45) is 11.8 Å². The van der Waals surface area contributed by atoms with E-state index in [-0.39, 0.29) is 6.54 Å². The summed E-state index contributed by atoms with van der Waals surface area (Å²) >= 11 is 0. The second-order valence-electron chi connectivity index (χ2n) is 3.98. The molecule has 1 N–H and O–H groups in total. The van der Waals surface area contributed by atoms with Crippen LogP contribution in [0.25, 0.3) is 0 Å². The summed E-state index contributed by atoms with van der Waals surface area (Å²) in [6.07, 6.45) is 1.10. The van der Waals surface area contributed by atoms with E-state index in [9.17, 15) is 4.79 Å². The fourth-order valence-electron chi connectivity index (χ4n) is 2.27. The van der Waals surface area contributed by atoms with Gasteiger partial charge < -0.3 is 9.84 Å². The van der Waals surface area contributed by atoms with Crippen molar-refractivity contribution >= 4 is 5.97 Å². The van der Waals surface area contributed by atoms with Crippen molar-refractivity contribution in [3.05, 3.63) is 0 Å². The van der Waals surface area contributed by atoms with Crippen LogP contribution in [0.4, 0.5) is 0 Å². The molecule has 0 spiro atoms. The number of rotatable bonds is 2. The molecule has 2 fully saturated rings. The predicted octanol–water partition coefficient (Wildman–Crippen LogP) is 0.0393. The van der Waals surface area contributed by atoms with E-state index in [0.717, 1.165) is 32.7 Å². The minimum absolute atomic E-state index is 0.184. The van der Waals surface area contributed by atoms with Gasteiger partial charge in [-0.2, -0.15) is 0 Å². The third-order valence-electron chi connectivity index (χ3n) is 3.00. The number of piperidine rings is 1. The van der Waals surface area contributed by atoms with E-state index in [4.69, 9.17) is 9.84 Å². The summed E-state index contributed by atoms with van der Waals surface area (Å²) in [5, 5.41) is 8.63. The van der Waals surface area contributed by atoms with Crippen molar-refractivity contribution in [3.8, 4) is 0 Å². The Balaban J connectivity index is 1.86. The van der Waals surface area contributed by atoms with Crippen LogP contribution in [0.15, 0.2) is 0 Å². The zero-order valence-electron chi connectivity index (χ0n) is 7.61. The van der Waals surface area contributed by atoms with Gasteiger partial charge in [0, 0.05) is 19.1 Å². The maximum atomic E-state index is 10.5. The highest BCUT2D eigenvalue weighted by molar-refractivity contribution is 5.69. The average molecular weight is 185 g/mol. The maximum absolute atomic E-state index is 10.5. The molecule has 0 bridgehead atoms. The van der Waals surface area contributed by atoms with Crippen molar-refractivity contribution < 1.29 is 14.6 Å². The van der Waals surface area contributed by atoms with E-state index in [2.05, 4.69) is 0 Å². The minimum atomic E-state index is -0.725. The molecular formula is C9H15NO3. The number of carboxylic acids is 1. The number of nitrogens with zero attached hydrogens (tertiary/aromatic N) is 1. The van der Waals surface area contributed by atoms with Gasteiger partial charge >= 0.3 is 5.97 Å². The molecule has 0 aromatic heterocycles. The van der Waals surface area contributed by atoms with Gasteiger partial charge in [-0.1, -0.05) is 0 Å². The minimum Gasteiger partial charge on any atom is -0.480 e. The van der Waals surface area contributed by atoms with Crippen molar-refractivity contribution in [3.63, 3.8) is 0 Å². The lowest BCUT2D eigenvalue weighted by Gasteiger charge is -2.32. The first-order chi connectivity index (χ1) is 6.25. The highest BCUT2D eigenvalue weighted by Crippen LogP contribution is 2.28. The number of carboxylic acid groups (broad SMARTS) is 1. The lowest BCUT2D eigenvalue weighted by Crippen LogP contribution is -2.42. The highest BCUT2D eigenvalue weighted by Gasteiger charge is 2.33. The summed E-state index contributed by atoms with van der Waals surface area (Å²) < 4.78 is 5.37. The van der Waals surface area contributed by atoms with Crippen LogP contribution in [0, 0.1) is 11.8 Å². The summed E-state index contributed by atoms with van der Waals surface area (Å²) in [5.74, 6) is 0.538. The van der Waals surface area contributed by atoms with Crippen LogP contribution in [0.5, 0.6) is 0 Å². The maximum Gasteiger partial charge on any atom is 0.317 e. The molecule has 0 radical (unpaired) electrons. The van der Waals surface area contributed by atoms with Gasteiger partial charge in [0.1, 0.15) is 0 Å². The number of ether oxygens (including phenoxy) is 1. The van der Waals surface area contributed by atoms with Gasteiger partial charge in [-0.3, -0.25) is 9.69 Å². The van der Waals surface area contributed by atoms with Crippen molar-refractivity contribution in [2.45, 2.75) is 6.42 Å². The fraction of sp³-hybridized carbons (Fsp3) is 0.889. The quantitative estimate of drug-likeness (QED) is 0.660. The number of likely N-dealkylation sites (tertiary alicyclic amines) is 1. The molecule has 0 aromatic carbocycles. The van der Waals surface area contributed by atoms with Gasteiger partial charge in [0.15, 0.2) is 0 Å². The fourth-order valence-corrected chi connectivity index (χ4v) is 2.27. The molecule has 2 aliphatic heterocycles. The average Bonchev–Trinajstić information content (AvgIpc) is 2.49. The Kier molecular flexibility index (Phi) is 2.51. The molecule has 0 unspecified atom stereocenters. The van der Waals surface area contributed by atoms with Gasteiger partial charge in [-0.25, -0.2) is 0 Å². The summed E-state index contributed by atoms with van der Waals surface area (Å²) in [7, 11) is 0. The molecule has 0 saturated carbocycles. The molecule has 0 aliphatic carbocycles. The van der Waals surface area contributed by atoms with E-state index >= 15 is 0 Å². The zero-order chi connectivity index (χ0) is 9.26. The molecule has 4 nitrogen and oxygen atoms in total. The Hall–Kier alpha value is -0.610. The van der Waals surface area contributed by atoms with Crippen molar-refractivity contribution in [2.75, 3.05) is 32.8 Å². The van der Waals surface area contributed by atoms with Gasteiger partial charge in [-0.05, 0) is 18.9 Å². The summed E-state index contributed by atoms with van der Waals surface area (Å²) in [5.41, 5.74) is 0. The molecule has 2 atom stereocenters. The third-order valence-corrected chi connectivity index (χ3v) is 3.00. The molecule has 0 amide bonds. The van der Waals surface area contributed by atoms with Gasteiger partial charge in [0.25, 0.3) is 0 Å². The topological polar surface area (TPSA) is 49.8 Å². The molecule has 4 heteroatoms. The zero-order valence-corrected chi connectivity index (χ0v) is 7.61. The number of carbonyl (C=O) groups is 1. The molecule has 0 aromatic rings. The number of aliphatic carboxylic acids is 1. The second-order valence-corrected chi connectivity index (χ2v) is 3.98. The van der Waals surface area contributed by atoms with Crippen LogP contribution in [-0.4, -0.2) is 48.8 Å². The van der Waals surface area contributed by atoms with E-state index in [1.54, 1.807) is 0 Å². The number of hydrogen-bond donors (Lipinski definition) is 1. The van der Waals surface area contributed by atoms with Crippen molar-refractivity contribution in [1.82, 2.24) is 4.90 Å². The van der Waals surface area contributed by atoms with Gasteiger partial charge in [0.05, 0.1) is 13.2 Å². The molecule has 2 aliphatic rings. The first-order valence-corrected chi connectivity index (χ1v) is 4.77. The van der Waals surface area contributed by atoms with Crippen LogP contribution < -0.4 is 0 Å². The SMILES string of the molecule is O=C(O)CN1CC[C@@H]2COC[C@@H]2C1. The highest BCUT2D eigenvalue weighted by atomic mass is 16.5. The standard InChI is InChI=1S/C9H15NO3/c11-9(12)4-10-2-1-7-5-13-6-8(7)3-10/h7-8H,1-6H2,(H,11,12)/t7-,8+/m1/s1. The Morgan fingerprint density at radius 1 is 1.46 bits per heavy atom. The summed E-state index contributed by atoms with van der Waals surface area (Å²) in [6, 6.07) is 0. The molecule has 74 valence electrons. The Bertz CT molecular complexity index is 207. The van der Waals surface area contributed by atoms with Crippen molar-refractivity contribution in [1.29, 1.82) is 0 Å². The molecule has 13 heavy (non-hydrogen) atoms. The smallest absolute Gasteiger partial charge is 0.317 e. The first kappa shape index (κ1) is 8.97. The summed E-state index contributed by atoms with van der Waals surface area (Å²) in [4.78, 5) is 12.5. The molecule has 2 saturated heterocycles. The third kappa shape index (κ3) is 2.00. The number of hydrogen-bond acceptors (Lipinski definition) is 3. The molecule has 2 heterocycles. The van der Waals surface area contributed by atoms with Gasteiger partial charge in [0.2, 0.25) is 0 Å². The van der Waals surface area contributed by atoms with Crippen LogP contribution in [0.3, 0.4) is 0 Å². The largest absolute Gasteiger partial charge is 0.480 e. The normalized spacial score (nSPS) is 34.5. The Labute approximate surface area is 77.5 Å². The van der Waals surface area contributed by atoms with E-state index in [1.165, 1.54) is 0 Å². The lowest BCUT2D eigenvalue weighted by molar-refractivity contribution is -0.138. The first-order valence-electron chi connectivity index (χ1n) is 4.77. The molecule has 2 rings (SSSR count). The predicted molar refractivity (Wildman–Crippen MR) is 46.5 cm³/mol. The Morgan fingerprint density at radius 3 is 3.00 bits per heavy atom. The van der Waals surface area contributed by atoms with Crippen LogP contribution >= 0.6 is 0 Å². The Morgan fingerprint density at radius 2 is 2.23 bits per heavy atom. The van der Waals surface area contributed by atoms with Crippen LogP contribution in [0.1, 0.15) is 6.42 Å². The van der Waals surface area contributed by atoms with E-state index in [1.807, 2.05) is 4.90 Å². The van der Waals surface area contributed by atoms with E-state index < -0.39 is 5.97 Å². The van der Waals surface area contributed by atoms with Crippen LogP contribution in [0.2, 0.25) is 0 Å². The van der Waals surface area contributed by atoms with Gasteiger partial charge in [-0.15, -0.1) is 0 Å². The number of fused-ring (bicyclic) bond motifs is 1. The lowest BCUT2D eigenvalue weighted by atomic mass is 9.89. The summed E-state index contributed by atoms with van der Waals surface area (Å²) in [6.45, 7) is 3.70. The second kappa shape index (κ2) is 3.64.